The van der Waals surface area contributed by atoms with E-state index in [0.717, 1.165) is 31.2 Å². The molecule has 12 nitrogen and oxygen atoms in total. The van der Waals surface area contributed by atoms with Gasteiger partial charge in [0.2, 0.25) is 0 Å². The van der Waals surface area contributed by atoms with Gasteiger partial charge in [0.1, 0.15) is 24.8 Å². The fraction of sp³-hybridized carbons (Fsp3) is 0.586. The summed E-state index contributed by atoms with van der Waals surface area (Å²) < 4.78 is 22.9. The minimum absolute atomic E-state index is 0.212. The number of esters is 3. The smallest absolute Gasteiger partial charge is 0.303 e. The van der Waals surface area contributed by atoms with Gasteiger partial charge in [-0.15, -0.1) is 12.6 Å². The van der Waals surface area contributed by atoms with Crippen molar-refractivity contribution < 1.29 is 33.3 Å². The van der Waals surface area contributed by atoms with Crippen LogP contribution >= 0.6 is 12.6 Å². The maximum Gasteiger partial charge on any atom is 0.303 e. The molecule has 1 fully saturated rings. The number of hydrogen-bond donors (Lipinski definition) is 2. The SMILES string of the molecule is CCCCCCNC1N=C2C(=NC=NC2(S)Cc2ccccc2)N1[C@@H]1O[C@H](COC(C)=O)[C@@H](OC(C)=O)[C@H]1OC(C)=O. The maximum atomic E-state index is 12.3. The summed E-state index contributed by atoms with van der Waals surface area (Å²) in [6.45, 7) is 6.37. The second kappa shape index (κ2) is 14.3. The number of benzene rings is 1. The Morgan fingerprint density at radius 3 is 2.40 bits per heavy atom. The number of carbonyl (C=O) groups is 3. The van der Waals surface area contributed by atoms with E-state index in [1.165, 1.54) is 27.1 Å². The number of fused-ring (bicyclic) bond motifs is 1. The molecule has 1 aromatic carbocycles. The molecule has 0 saturated carbocycles. The third-order valence-corrected chi connectivity index (χ3v) is 7.55. The Balaban J connectivity index is 1.70. The van der Waals surface area contributed by atoms with Crippen LogP contribution in [0.1, 0.15) is 58.9 Å². The van der Waals surface area contributed by atoms with E-state index in [2.05, 4.69) is 22.2 Å². The van der Waals surface area contributed by atoms with Crippen LogP contribution in [0.15, 0.2) is 45.3 Å². The Bertz CT molecular complexity index is 1230. The lowest BCUT2D eigenvalue weighted by Gasteiger charge is -2.35. The first-order valence-corrected chi connectivity index (χ1v) is 14.7. The standard InChI is InChI=1S/C29H39N5O7S/c1-5-6-7-11-14-30-28-33-25-26(31-17-32-29(25,42)15-21-12-9-8-10-13-21)34(28)27-24(40-20(4)37)23(39-19(3)36)22(41-27)16-38-18(2)35/h8-10,12-13,17,22-24,27-28,30,42H,5-7,11,14-16H2,1-4H3/t22-,23-,24-,27-,28?,29?/m1/s1. The van der Waals surface area contributed by atoms with Crippen molar-refractivity contribution in [2.75, 3.05) is 13.2 Å². The zero-order valence-corrected chi connectivity index (χ0v) is 25.3. The molecule has 4 rings (SSSR count). The van der Waals surface area contributed by atoms with E-state index >= 15 is 0 Å². The van der Waals surface area contributed by atoms with Crippen LogP contribution in [0.4, 0.5) is 0 Å². The van der Waals surface area contributed by atoms with Gasteiger partial charge in [-0.2, -0.15) is 0 Å². The Hall–Kier alpha value is -3.29. The molecule has 1 saturated heterocycles. The summed E-state index contributed by atoms with van der Waals surface area (Å²) in [5, 5.41) is 3.47. The predicted octanol–water partition coefficient (Wildman–Crippen LogP) is 2.66. The number of aliphatic imine (C=N–C) groups is 3. The molecule has 0 spiro atoms. The highest BCUT2D eigenvalue weighted by atomic mass is 32.1. The highest BCUT2D eigenvalue weighted by molar-refractivity contribution is 7.83. The number of nitrogens with one attached hydrogen (secondary N) is 1. The molecule has 3 aliphatic heterocycles. The van der Waals surface area contributed by atoms with Crippen LogP contribution in [0.5, 0.6) is 0 Å². The van der Waals surface area contributed by atoms with Crippen LogP contribution in [0.25, 0.3) is 0 Å². The molecule has 3 heterocycles. The van der Waals surface area contributed by atoms with Crippen LogP contribution < -0.4 is 5.32 Å². The lowest BCUT2D eigenvalue weighted by Crippen LogP contribution is -2.57. The molecule has 42 heavy (non-hydrogen) atoms. The lowest BCUT2D eigenvalue weighted by atomic mass is 10.00. The highest BCUT2D eigenvalue weighted by Gasteiger charge is 2.57. The Morgan fingerprint density at radius 2 is 1.74 bits per heavy atom. The number of thiol groups is 1. The molecular formula is C29H39N5O7S. The van der Waals surface area contributed by atoms with Gasteiger partial charge >= 0.3 is 17.9 Å². The lowest BCUT2D eigenvalue weighted by molar-refractivity contribution is -0.167. The summed E-state index contributed by atoms with van der Waals surface area (Å²) in [6.07, 6.45) is 1.39. The summed E-state index contributed by atoms with van der Waals surface area (Å²) >= 11 is 4.99. The molecule has 0 radical (unpaired) electrons. The zero-order valence-electron chi connectivity index (χ0n) is 24.4. The third kappa shape index (κ3) is 7.56. The van der Waals surface area contributed by atoms with Gasteiger partial charge in [-0.05, 0) is 18.5 Å². The van der Waals surface area contributed by atoms with E-state index in [1.807, 2.05) is 30.3 Å². The predicted molar refractivity (Wildman–Crippen MR) is 159 cm³/mol. The van der Waals surface area contributed by atoms with E-state index in [4.69, 9.17) is 36.6 Å². The van der Waals surface area contributed by atoms with E-state index in [9.17, 15) is 14.4 Å². The van der Waals surface area contributed by atoms with E-state index < -0.39 is 53.6 Å². The van der Waals surface area contributed by atoms with Crippen molar-refractivity contribution in [3.05, 3.63) is 35.9 Å². The molecular weight excluding hydrogens is 562 g/mol. The van der Waals surface area contributed by atoms with Gasteiger partial charge in [0.25, 0.3) is 0 Å². The number of nitrogens with zero attached hydrogens (tertiary/aromatic N) is 4. The minimum atomic E-state index is -1.07. The fourth-order valence-corrected chi connectivity index (χ4v) is 5.64. The fourth-order valence-electron chi connectivity index (χ4n) is 5.24. The van der Waals surface area contributed by atoms with Gasteiger partial charge < -0.3 is 18.9 Å². The molecule has 0 bridgehead atoms. The van der Waals surface area contributed by atoms with Crippen LogP contribution in [0.2, 0.25) is 0 Å². The van der Waals surface area contributed by atoms with Gasteiger partial charge in [-0.25, -0.2) is 15.0 Å². The Morgan fingerprint density at radius 1 is 1.02 bits per heavy atom. The zero-order chi connectivity index (χ0) is 30.3. The molecule has 2 unspecified atom stereocenters. The van der Waals surface area contributed by atoms with Crippen LogP contribution in [0, 0.1) is 0 Å². The molecule has 3 aliphatic rings. The summed E-state index contributed by atoms with van der Waals surface area (Å²) in [6, 6.07) is 9.83. The summed E-state index contributed by atoms with van der Waals surface area (Å²) in [5.41, 5.74) is 1.54. The second-order valence-corrected chi connectivity index (χ2v) is 11.2. The van der Waals surface area contributed by atoms with E-state index in [-0.39, 0.29) is 6.61 Å². The average molecular weight is 602 g/mol. The molecule has 1 N–H and O–H groups in total. The van der Waals surface area contributed by atoms with Crippen LogP contribution in [-0.4, -0.2) is 89.5 Å². The summed E-state index contributed by atoms with van der Waals surface area (Å²) in [5.74, 6) is -1.28. The number of carbonyl (C=O) groups excluding carboxylic acids is 3. The topological polar surface area (TPSA) is 140 Å². The van der Waals surface area contributed by atoms with E-state index in [1.54, 1.807) is 4.90 Å². The van der Waals surface area contributed by atoms with Crippen molar-refractivity contribution in [3.8, 4) is 0 Å². The van der Waals surface area contributed by atoms with Crippen molar-refractivity contribution >= 4 is 48.4 Å². The molecule has 1 aromatic rings. The molecule has 0 aromatic heterocycles. The Kier molecular flexibility index (Phi) is 10.7. The van der Waals surface area contributed by atoms with Crippen LogP contribution in [0.3, 0.4) is 0 Å². The first kappa shape index (κ1) is 31.6. The Labute approximate surface area is 251 Å². The van der Waals surface area contributed by atoms with Crippen molar-refractivity contribution in [2.45, 2.75) is 95.5 Å². The van der Waals surface area contributed by atoms with Crippen molar-refractivity contribution in [1.82, 2.24) is 10.2 Å². The molecule has 13 heteroatoms. The van der Waals surface area contributed by atoms with Crippen molar-refractivity contribution in [2.24, 2.45) is 15.0 Å². The van der Waals surface area contributed by atoms with Crippen LogP contribution in [-0.2, 0) is 39.8 Å². The summed E-state index contributed by atoms with van der Waals surface area (Å²) in [7, 11) is 0. The van der Waals surface area contributed by atoms with Gasteiger partial charge in [-0.1, -0.05) is 56.5 Å². The highest BCUT2D eigenvalue weighted by Crippen LogP contribution is 2.37. The molecule has 6 atom stereocenters. The van der Waals surface area contributed by atoms with E-state index in [0.29, 0.717) is 24.5 Å². The number of hydrogen-bond acceptors (Lipinski definition) is 13. The van der Waals surface area contributed by atoms with Crippen molar-refractivity contribution in [3.63, 3.8) is 0 Å². The van der Waals surface area contributed by atoms with Gasteiger partial charge in [-0.3, -0.25) is 24.6 Å². The van der Waals surface area contributed by atoms with Gasteiger partial charge in [0.05, 0.1) is 0 Å². The number of unbranched alkanes of at least 4 members (excludes halogenated alkanes) is 3. The number of rotatable bonds is 13. The monoisotopic (exact) mass is 601 g/mol. The first-order chi connectivity index (χ1) is 20.1. The normalized spacial score (nSPS) is 28.1. The largest absolute Gasteiger partial charge is 0.463 e. The second-order valence-electron chi connectivity index (χ2n) is 10.5. The third-order valence-electron chi connectivity index (χ3n) is 7.07. The van der Waals surface area contributed by atoms with Gasteiger partial charge in [0, 0.05) is 27.2 Å². The average Bonchev–Trinajstić information content (AvgIpc) is 3.45. The number of ether oxygens (including phenoxy) is 4. The maximum absolute atomic E-state index is 12.3. The van der Waals surface area contributed by atoms with Gasteiger partial charge in [0.15, 0.2) is 35.4 Å². The molecule has 0 aliphatic carbocycles. The minimum Gasteiger partial charge on any atom is -0.463 e. The number of amidine groups is 1. The molecule has 0 amide bonds. The quantitative estimate of drug-likeness (QED) is 0.151. The van der Waals surface area contributed by atoms with Crippen molar-refractivity contribution in [1.29, 1.82) is 0 Å². The summed E-state index contributed by atoms with van der Waals surface area (Å²) in [4.78, 5) is 50.9. The molecule has 228 valence electrons. The first-order valence-electron chi connectivity index (χ1n) is 14.2.